The smallest absolute Gasteiger partial charge is 0.260 e. The lowest BCUT2D eigenvalue weighted by Crippen LogP contribution is -2.44. The van der Waals surface area contributed by atoms with Gasteiger partial charge in [-0.1, -0.05) is 44.0 Å². The third kappa shape index (κ3) is 5.29. The van der Waals surface area contributed by atoms with Crippen molar-refractivity contribution in [3.05, 3.63) is 28.2 Å². The van der Waals surface area contributed by atoms with Crippen LogP contribution in [-0.4, -0.2) is 18.1 Å². The second kappa shape index (κ2) is 7.97. The van der Waals surface area contributed by atoms with E-state index in [0.717, 1.165) is 31.6 Å². The van der Waals surface area contributed by atoms with E-state index in [9.17, 15) is 4.79 Å². The molecular weight excluding hydrogens is 345 g/mol. The van der Waals surface area contributed by atoms with Crippen LogP contribution in [0.3, 0.4) is 0 Å². The fraction of sp³-hybridized carbons (Fsp3) is 0.632. The van der Waals surface area contributed by atoms with Crippen LogP contribution in [0, 0.1) is 11.3 Å². The van der Waals surface area contributed by atoms with Gasteiger partial charge < -0.3 is 10.1 Å². The summed E-state index contributed by atoms with van der Waals surface area (Å²) in [5, 5.41) is 4.06. The van der Waals surface area contributed by atoms with Gasteiger partial charge in [0.2, 0.25) is 0 Å². The van der Waals surface area contributed by atoms with Crippen molar-refractivity contribution >= 4 is 29.1 Å². The Balaban J connectivity index is 1.84. The second-order valence-corrected chi connectivity index (χ2v) is 8.60. The van der Waals surface area contributed by atoms with E-state index in [1.807, 2.05) is 0 Å². The molecule has 1 N–H and O–H groups in total. The second-order valence-electron chi connectivity index (χ2n) is 7.76. The maximum absolute atomic E-state index is 12.4. The third-order valence-corrected chi connectivity index (χ3v) is 5.40. The summed E-state index contributed by atoms with van der Waals surface area (Å²) in [5.41, 5.74) is 0.344. The summed E-state index contributed by atoms with van der Waals surface area (Å²) < 4.78 is 5.68. The van der Waals surface area contributed by atoms with Crippen LogP contribution in [0.1, 0.15) is 53.4 Å². The van der Waals surface area contributed by atoms with Crippen LogP contribution in [0.4, 0.5) is 0 Å². The summed E-state index contributed by atoms with van der Waals surface area (Å²) >= 11 is 12.0. The molecule has 0 bridgehead atoms. The molecule has 24 heavy (non-hydrogen) atoms. The molecule has 0 spiro atoms. The highest BCUT2D eigenvalue weighted by Gasteiger charge is 2.31. The Morgan fingerprint density at radius 2 is 1.83 bits per heavy atom. The van der Waals surface area contributed by atoms with E-state index in [4.69, 9.17) is 27.9 Å². The van der Waals surface area contributed by atoms with Crippen LogP contribution >= 0.6 is 23.2 Å². The highest BCUT2D eigenvalue weighted by Crippen LogP contribution is 2.37. The van der Waals surface area contributed by atoms with Crippen LogP contribution in [-0.2, 0) is 4.79 Å². The number of halogens is 2. The Labute approximate surface area is 155 Å². The first-order chi connectivity index (χ1) is 11.2. The average Bonchev–Trinajstić information content (AvgIpc) is 2.49. The number of benzene rings is 1. The van der Waals surface area contributed by atoms with E-state index in [2.05, 4.69) is 26.1 Å². The molecule has 0 radical (unpaired) electrons. The first-order valence-electron chi connectivity index (χ1n) is 8.59. The Kier molecular flexibility index (Phi) is 6.44. The molecule has 5 heteroatoms. The molecule has 3 nitrogen and oxygen atoms in total. The first kappa shape index (κ1) is 19.4. The lowest BCUT2D eigenvalue weighted by atomic mass is 9.71. The fourth-order valence-corrected chi connectivity index (χ4v) is 3.69. The quantitative estimate of drug-likeness (QED) is 0.760. The zero-order valence-corrected chi connectivity index (χ0v) is 16.4. The van der Waals surface area contributed by atoms with Gasteiger partial charge in [0.05, 0.1) is 5.02 Å². The standard InChI is InChI=1S/C19H27Cl2NO2/c1-12(24-17-10-7-14(20)11-16(17)21)18(23)22-15-8-5-13(6-9-15)19(2,3)4/h7,10-13,15H,5-6,8-9H2,1-4H3,(H,22,23). The van der Waals surface area contributed by atoms with Gasteiger partial charge in [-0.15, -0.1) is 0 Å². The third-order valence-electron chi connectivity index (χ3n) is 4.87. The van der Waals surface area contributed by atoms with Gasteiger partial charge in [-0.2, -0.15) is 0 Å². The van der Waals surface area contributed by atoms with Crippen molar-refractivity contribution in [3.63, 3.8) is 0 Å². The number of hydrogen-bond acceptors (Lipinski definition) is 2. The highest BCUT2D eigenvalue weighted by molar-refractivity contribution is 6.35. The normalized spacial score (nSPS) is 22.8. The number of ether oxygens (including phenoxy) is 1. The topological polar surface area (TPSA) is 38.3 Å². The molecule has 0 saturated heterocycles. The first-order valence-corrected chi connectivity index (χ1v) is 9.34. The van der Waals surface area contributed by atoms with Crippen molar-refractivity contribution in [2.75, 3.05) is 0 Å². The van der Waals surface area contributed by atoms with Gasteiger partial charge in [0, 0.05) is 11.1 Å². The lowest BCUT2D eigenvalue weighted by Gasteiger charge is -2.37. The molecular formula is C19H27Cl2NO2. The molecule has 1 unspecified atom stereocenters. The van der Waals surface area contributed by atoms with Crippen LogP contribution in [0.15, 0.2) is 18.2 Å². The van der Waals surface area contributed by atoms with Crippen molar-refractivity contribution in [3.8, 4) is 5.75 Å². The number of amides is 1. The Bertz CT molecular complexity index is 575. The predicted molar refractivity (Wildman–Crippen MR) is 99.9 cm³/mol. The summed E-state index contributed by atoms with van der Waals surface area (Å²) in [6, 6.07) is 5.23. The van der Waals surface area contributed by atoms with Crippen molar-refractivity contribution < 1.29 is 9.53 Å². The van der Waals surface area contributed by atoms with E-state index in [0.29, 0.717) is 21.2 Å². The summed E-state index contributed by atoms with van der Waals surface area (Å²) in [7, 11) is 0. The fourth-order valence-electron chi connectivity index (χ4n) is 3.24. The Morgan fingerprint density at radius 3 is 2.38 bits per heavy atom. The summed E-state index contributed by atoms with van der Waals surface area (Å²) in [4.78, 5) is 12.4. The number of carbonyl (C=O) groups excluding carboxylic acids is 1. The van der Waals surface area contributed by atoms with Gasteiger partial charge in [0.15, 0.2) is 6.10 Å². The molecule has 1 aromatic carbocycles. The molecule has 1 fully saturated rings. The number of hydrogen-bond donors (Lipinski definition) is 1. The van der Waals surface area contributed by atoms with E-state index < -0.39 is 6.10 Å². The predicted octanol–water partition coefficient (Wildman–Crippen LogP) is 5.48. The molecule has 0 heterocycles. The monoisotopic (exact) mass is 371 g/mol. The highest BCUT2D eigenvalue weighted by atomic mass is 35.5. The van der Waals surface area contributed by atoms with E-state index in [1.54, 1.807) is 25.1 Å². The average molecular weight is 372 g/mol. The number of rotatable bonds is 4. The van der Waals surface area contributed by atoms with Gasteiger partial charge in [-0.25, -0.2) is 0 Å². The largest absolute Gasteiger partial charge is 0.479 e. The van der Waals surface area contributed by atoms with Crippen molar-refractivity contribution in [1.29, 1.82) is 0 Å². The summed E-state index contributed by atoms with van der Waals surface area (Å²) in [6.07, 6.45) is 3.79. The molecule has 0 aromatic heterocycles. The molecule has 1 saturated carbocycles. The SMILES string of the molecule is CC(Oc1ccc(Cl)cc1Cl)C(=O)NC1CCC(C(C)(C)C)CC1. The van der Waals surface area contributed by atoms with Gasteiger partial charge in [-0.3, -0.25) is 4.79 Å². The minimum atomic E-state index is -0.594. The maximum Gasteiger partial charge on any atom is 0.260 e. The van der Waals surface area contributed by atoms with Gasteiger partial charge in [0.25, 0.3) is 5.91 Å². The zero-order valence-electron chi connectivity index (χ0n) is 14.9. The summed E-state index contributed by atoms with van der Waals surface area (Å²) in [6.45, 7) is 8.62. The number of nitrogens with one attached hydrogen (secondary N) is 1. The van der Waals surface area contributed by atoms with Crippen molar-refractivity contribution in [1.82, 2.24) is 5.32 Å². The Morgan fingerprint density at radius 1 is 1.21 bits per heavy atom. The van der Waals surface area contributed by atoms with Crippen LogP contribution in [0.5, 0.6) is 5.75 Å². The minimum absolute atomic E-state index is 0.0970. The lowest BCUT2D eigenvalue weighted by molar-refractivity contribution is -0.128. The summed E-state index contributed by atoms with van der Waals surface area (Å²) in [5.74, 6) is 1.10. The van der Waals surface area contributed by atoms with Gasteiger partial charge in [0.1, 0.15) is 5.75 Å². The van der Waals surface area contributed by atoms with E-state index in [-0.39, 0.29) is 11.9 Å². The molecule has 0 aliphatic heterocycles. The molecule has 2 rings (SSSR count). The van der Waals surface area contributed by atoms with E-state index >= 15 is 0 Å². The molecule has 1 amide bonds. The van der Waals surface area contributed by atoms with E-state index in [1.165, 1.54) is 0 Å². The molecule has 1 aromatic rings. The van der Waals surface area contributed by atoms with Gasteiger partial charge in [-0.05, 0) is 62.1 Å². The molecule has 1 atom stereocenters. The van der Waals surface area contributed by atoms with Crippen LogP contribution in [0.25, 0.3) is 0 Å². The van der Waals surface area contributed by atoms with Crippen molar-refractivity contribution in [2.24, 2.45) is 11.3 Å². The molecule has 1 aliphatic rings. The zero-order chi connectivity index (χ0) is 17.9. The minimum Gasteiger partial charge on any atom is -0.479 e. The molecule has 134 valence electrons. The van der Waals surface area contributed by atoms with Crippen molar-refractivity contribution in [2.45, 2.75) is 65.5 Å². The Hall–Kier alpha value is -0.930. The van der Waals surface area contributed by atoms with Crippen LogP contribution in [0.2, 0.25) is 10.0 Å². The maximum atomic E-state index is 12.4. The molecule has 1 aliphatic carbocycles. The van der Waals surface area contributed by atoms with Crippen LogP contribution < -0.4 is 10.1 Å². The van der Waals surface area contributed by atoms with Gasteiger partial charge >= 0.3 is 0 Å². The number of carbonyl (C=O) groups is 1.